The molecule has 3 nitrogen and oxygen atoms in total. The molecule has 1 aliphatic rings. The molecule has 2 rings (SSSR count). The van der Waals surface area contributed by atoms with Crippen LogP contribution in [0.5, 0.6) is 0 Å². The molecule has 0 heterocycles. The molecule has 0 aromatic heterocycles. The summed E-state index contributed by atoms with van der Waals surface area (Å²) in [6, 6.07) is 7.40. The van der Waals surface area contributed by atoms with E-state index in [-0.39, 0.29) is 5.91 Å². The second-order valence-corrected chi connectivity index (χ2v) is 5.80. The number of amides is 1. The first-order chi connectivity index (χ1) is 8.57. The van der Waals surface area contributed by atoms with Gasteiger partial charge in [-0.25, -0.2) is 0 Å². The molecular weight excluding hydrogens is 316 g/mol. The first kappa shape index (κ1) is 13.4. The highest BCUT2D eigenvalue weighted by Crippen LogP contribution is 2.39. The zero-order valence-electron chi connectivity index (χ0n) is 9.67. The molecule has 5 heteroatoms. The fraction of sp³-hybridized carbons (Fsp3) is 0.385. The third-order valence-electron chi connectivity index (χ3n) is 3.28. The first-order valence-corrected chi connectivity index (χ1v) is 6.92. The SMILES string of the molecule is N#CC1(C(=O)Nc2cc(Br)ccc2Cl)CCCC1. The van der Waals surface area contributed by atoms with Crippen LogP contribution in [0.1, 0.15) is 25.7 Å². The molecule has 0 unspecified atom stereocenters. The van der Waals surface area contributed by atoms with Gasteiger partial charge in [0.25, 0.3) is 0 Å². The second kappa shape index (κ2) is 5.29. The minimum atomic E-state index is -0.883. The van der Waals surface area contributed by atoms with Gasteiger partial charge >= 0.3 is 0 Å². The molecule has 0 bridgehead atoms. The van der Waals surface area contributed by atoms with Crippen LogP contribution in [0.3, 0.4) is 0 Å². The van der Waals surface area contributed by atoms with Crippen molar-refractivity contribution < 1.29 is 4.79 Å². The summed E-state index contributed by atoms with van der Waals surface area (Å²) >= 11 is 9.34. The van der Waals surface area contributed by atoms with Crippen molar-refractivity contribution in [2.24, 2.45) is 5.41 Å². The van der Waals surface area contributed by atoms with Gasteiger partial charge in [0.2, 0.25) is 5.91 Å². The van der Waals surface area contributed by atoms with Crippen molar-refractivity contribution in [2.45, 2.75) is 25.7 Å². The molecule has 1 amide bonds. The monoisotopic (exact) mass is 326 g/mol. The lowest BCUT2D eigenvalue weighted by atomic mass is 9.87. The number of halogens is 2. The number of nitrogens with one attached hydrogen (secondary N) is 1. The zero-order valence-corrected chi connectivity index (χ0v) is 12.0. The molecule has 1 aromatic rings. The summed E-state index contributed by atoms with van der Waals surface area (Å²) in [7, 11) is 0. The van der Waals surface area contributed by atoms with Gasteiger partial charge in [-0.3, -0.25) is 4.79 Å². The van der Waals surface area contributed by atoms with E-state index in [0.29, 0.717) is 23.6 Å². The van der Waals surface area contributed by atoms with Crippen molar-refractivity contribution in [2.75, 3.05) is 5.32 Å². The van der Waals surface area contributed by atoms with E-state index in [1.807, 2.05) is 0 Å². The van der Waals surface area contributed by atoms with E-state index >= 15 is 0 Å². The average molecular weight is 328 g/mol. The van der Waals surface area contributed by atoms with Gasteiger partial charge in [0.15, 0.2) is 0 Å². The van der Waals surface area contributed by atoms with Crippen LogP contribution in [0.15, 0.2) is 22.7 Å². The van der Waals surface area contributed by atoms with Crippen LogP contribution in [0.4, 0.5) is 5.69 Å². The van der Waals surface area contributed by atoms with E-state index in [1.165, 1.54) is 0 Å². The van der Waals surface area contributed by atoms with E-state index < -0.39 is 5.41 Å². The van der Waals surface area contributed by atoms with Gasteiger partial charge in [-0.15, -0.1) is 0 Å². The van der Waals surface area contributed by atoms with Crippen LogP contribution in [0, 0.1) is 16.7 Å². The van der Waals surface area contributed by atoms with Gasteiger partial charge < -0.3 is 5.32 Å². The van der Waals surface area contributed by atoms with Crippen LogP contribution in [-0.2, 0) is 4.79 Å². The Morgan fingerprint density at radius 3 is 2.72 bits per heavy atom. The van der Waals surface area contributed by atoms with Crippen molar-refractivity contribution in [3.8, 4) is 6.07 Å². The Morgan fingerprint density at radius 2 is 2.11 bits per heavy atom. The Labute approximate surface area is 119 Å². The Hall–Kier alpha value is -1.05. The summed E-state index contributed by atoms with van der Waals surface area (Å²) in [4.78, 5) is 12.2. The molecule has 1 aromatic carbocycles. The summed E-state index contributed by atoms with van der Waals surface area (Å²) in [6.07, 6.45) is 3.10. The first-order valence-electron chi connectivity index (χ1n) is 5.75. The topological polar surface area (TPSA) is 52.9 Å². The third kappa shape index (κ3) is 2.52. The summed E-state index contributed by atoms with van der Waals surface area (Å²) in [5.41, 5.74) is -0.344. The van der Waals surface area contributed by atoms with E-state index in [2.05, 4.69) is 27.3 Å². The molecule has 1 saturated carbocycles. The Balaban J connectivity index is 2.21. The van der Waals surface area contributed by atoms with Crippen molar-refractivity contribution >= 4 is 39.1 Å². The van der Waals surface area contributed by atoms with E-state index in [1.54, 1.807) is 18.2 Å². The maximum Gasteiger partial charge on any atom is 0.244 e. The van der Waals surface area contributed by atoms with Gasteiger partial charge in [0, 0.05) is 4.47 Å². The standard InChI is InChI=1S/C13H12BrClN2O/c14-9-3-4-10(15)11(7-9)17-12(18)13(8-16)5-1-2-6-13/h3-4,7H,1-2,5-6H2,(H,17,18). The predicted molar refractivity (Wildman–Crippen MR) is 74.3 cm³/mol. The summed E-state index contributed by atoms with van der Waals surface area (Å²) in [5, 5.41) is 12.5. The molecule has 0 saturated heterocycles. The normalized spacial score (nSPS) is 17.2. The summed E-state index contributed by atoms with van der Waals surface area (Å²) < 4.78 is 0.833. The highest BCUT2D eigenvalue weighted by atomic mass is 79.9. The smallest absolute Gasteiger partial charge is 0.244 e. The van der Waals surface area contributed by atoms with Crippen molar-refractivity contribution in [1.29, 1.82) is 5.26 Å². The zero-order chi connectivity index (χ0) is 13.2. The van der Waals surface area contributed by atoms with Gasteiger partial charge in [-0.05, 0) is 31.0 Å². The lowest BCUT2D eigenvalue weighted by molar-refractivity contribution is -0.122. The number of carbonyl (C=O) groups excluding carboxylic acids is 1. The minimum Gasteiger partial charge on any atom is -0.323 e. The van der Waals surface area contributed by atoms with Gasteiger partial charge in [-0.1, -0.05) is 40.4 Å². The molecule has 0 radical (unpaired) electrons. The van der Waals surface area contributed by atoms with Gasteiger partial charge in [-0.2, -0.15) is 5.26 Å². The fourth-order valence-electron chi connectivity index (χ4n) is 2.20. The molecular formula is C13H12BrClN2O. The van der Waals surface area contributed by atoms with E-state index in [9.17, 15) is 10.1 Å². The number of carbonyl (C=O) groups is 1. The predicted octanol–water partition coefficient (Wildman–Crippen LogP) is 4.12. The highest BCUT2D eigenvalue weighted by molar-refractivity contribution is 9.10. The van der Waals surface area contributed by atoms with Crippen molar-refractivity contribution in [3.05, 3.63) is 27.7 Å². The third-order valence-corrected chi connectivity index (χ3v) is 4.11. The Bertz CT molecular complexity index is 518. The summed E-state index contributed by atoms with van der Waals surface area (Å²) in [6.45, 7) is 0. The van der Waals surface area contributed by atoms with Crippen molar-refractivity contribution in [1.82, 2.24) is 0 Å². The molecule has 1 aliphatic carbocycles. The number of nitriles is 1. The number of benzene rings is 1. The highest BCUT2D eigenvalue weighted by Gasteiger charge is 2.41. The van der Waals surface area contributed by atoms with Gasteiger partial charge in [0.05, 0.1) is 16.8 Å². The average Bonchev–Trinajstić information content (AvgIpc) is 2.84. The Kier molecular flexibility index (Phi) is 3.94. The minimum absolute atomic E-state index is 0.248. The fourth-order valence-corrected chi connectivity index (χ4v) is 2.73. The molecule has 0 atom stereocenters. The molecule has 1 fully saturated rings. The molecule has 1 N–H and O–H groups in total. The van der Waals surface area contributed by atoms with Crippen LogP contribution < -0.4 is 5.32 Å². The number of anilines is 1. The maximum atomic E-state index is 12.2. The quantitative estimate of drug-likeness (QED) is 0.888. The molecule has 18 heavy (non-hydrogen) atoms. The number of nitrogens with zero attached hydrogens (tertiary/aromatic N) is 1. The Morgan fingerprint density at radius 1 is 1.44 bits per heavy atom. The second-order valence-electron chi connectivity index (χ2n) is 4.48. The summed E-state index contributed by atoms with van der Waals surface area (Å²) in [5.74, 6) is -0.248. The van der Waals surface area contributed by atoms with E-state index in [4.69, 9.17) is 11.6 Å². The number of hydrogen-bond donors (Lipinski definition) is 1. The van der Waals surface area contributed by atoms with Crippen LogP contribution >= 0.6 is 27.5 Å². The molecule has 94 valence electrons. The van der Waals surface area contributed by atoms with Crippen LogP contribution in [0.2, 0.25) is 5.02 Å². The van der Waals surface area contributed by atoms with E-state index in [0.717, 1.165) is 17.3 Å². The van der Waals surface area contributed by atoms with Crippen molar-refractivity contribution in [3.63, 3.8) is 0 Å². The largest absolute Gasteiger partial charge is 0.323 e. The molecule has 0 spiro atoms. The van der Waals surface area contributed by atoms with Gasteiger partial charge in [0.1, 0.15) is 5.41 Å². The molecule has 0 aliphatic heterocycles. The van der Waals surface area contributed by atoms with Crippen LogP contribution in [0.25, 0.3) is 0 Å². The number of rotatable bonds is 2. The number of hydrogen-bond acceptors (Lipinski definition) is 2. The van der Waals surface area contributed by atoms with Crippen LogP contribution in [-0.4, -0.2) is 5.91 Å². The lowest BCUT2D eigenvalue weighted by Gasteiger charge is -2.19. The maximum absolute atomic E-state index is 12.2. The lowest BCUT2D eigenvalue weighted by Crippen LogP contribution is -2.32.